The molecular weight excluding hydrogens is 234 g/mol. The Morgan fingerprint density at radius 2 is 1.94 bits per heavy atom. The number of rotatable bonds is 4. The van der Waals surface area contributed by atoms with Crippen LogP contribution in [0.3, 0.4) is 0 Å². The highest BCUT2D eigenvalue weighted by Gasteiger charge is 2.21. The van der Waals surface area contributed by atoms with Gasteiger partial charge in [0, 0.05) is 7.05 Å². The van der Waals surface area contributed by atoms with E-state index < -0.39 is 11.6 Å². The van der Waals surface area contributed by atoms with Gasteiger partial charge in [0.05, 0.1) is 5.69 Å². The largest absolute Gasteiger partial charge is 0.477 e. The van der Waals surface area contributed by atoms with Gasteiger partial charge in [-0.15, -0.1) is 0 Å². The maximum Gasteiger partial charge on any atom is 0.372 e. The molecule has 1 heterocycles. The zero-order valence-corrected chi connectivity index (χ0v) is 9.92. The first-order chi connectivity index (χ1) is 8.59. The van der Waals surface area contributed by atoms with Crippen LogP contribution in [0.4, 0.5) is 0 Å². The number of carboxylic acid groups (broad SMARTS) is 1. The van der Waals surface area contributed by atoms with Crippen molar-refractivity contribution in [1.29, 1.82) is 0 Å². The van der Waals surface area contributed by atoms with Gasteiger partial charge in [-0.1, -0.05) is 30.3 Å². The molecule has 5 nitrogen and oxygen atoms in total. The van der Waals surface area contributed by atoms with Gasteiger partial charge in [-0.05, 0) is 18.4 Å². The minimum Gasteiger partial charge on any atom is -0.477 e. The molecule has 5 heteroatoms. The van der Waals surface area contributed by atoms with E-state index in [0.717, 1.165) is 5.56 Å². The second-order valence-corrected chi connectivity index (χ2v) is 3.99. The molecule has 1 N–H and O–H groups in total. The number of hydrogen-bond acceptors (Lipinski definition) is 3. The molecule has 18 heavy (non-hydrogen) atoms. The number of aromatic nitrogens is 1. The van der Waals surface area contributed by atoms with Crippen molar-refractivity contribution in [2.75, 3.05) is 0 Å². The van der Waals surface area contributed by atoms with Crippen LogP contribution in [-0.2, 0) is 19.9 Å². The van der Waals surface area contributed by atoms with Crippen LogP contribution in [-0.4, -0.2) is 15.8 Å². The maximum atomic E-state index is 11.3. The number of carboxylic acids is 1. The van der Waals surface area contributed by atoms with Crippen molar-refractivity contribution in [3.05, 3.63) is 57.6 Å². The fraction of sp³-hybridized carbons (Fsp3) is 0.231. The van der Waals surface area contributed by atoms with E-state index in [2.05, 4.69) is 0 Å². The first-order valence-electron chi connectivity index (χ1n) is 5.56. The second kappa shape index (κ2) is 4.91. The van der Waals surface area contributed by atoms with E-state index in [1.165, 1.54) is 11.8 Å². The Hall–Kier alpha value is -2.30. The highest BCUT2D eigenvalue weighted by atomic mass is 16.5. The van der Waals surface area contributed by atoms with E-state index in [9.17, 15) is 9.59 Å². The summed E-state index contributed by atoms with van der Waals surface area (Å²) in [4.78, 5) is 22.3. The summed E-state index contributed by atoms with van der Waals surface area (Å²) in [7, 11) is 1.54. The molecule has 1 aromatic heterocycles. The van der Waals surface area contributed by atoms with E-state index in [1.54, 1.807) is 0 Å². The average Bonchev–Trinajstić information content (AvgIpc) is 2.62. The van der Waals surface area contributed by atoms with E-state index >= 15 is 0 Å². The highest BCUT2D eigenvalue weighted by Crippen LogP contribution is 2.10. The summed E-state index contributed by atoms with van der Waals surface area (Å²) >= 11 is 0. The fourth-order valence-corrected chi connectivity index (χ4v) is 1.90. The molecular formula is C13H13NO4. The summed E-state index contributed by atoms with van der Waals surface area (Å²) in [5.41, 5.74) is 0.431. The van der Waals surface area contributed by atoms with Gasteiger partial charge in [0.2, 0.25) is 0 Å². The minimum atomic E-state index is -1.24. The Labute approximate surface area is 103 Å². The Bertz CT molecular complexity index is 610. The van der Waals surface area contributed by atoms with E-state index in [-0.39, 0.29) is 5.56 Å². The lowest BCUT2D eigenvalue weighted by Gasteiger charge is -2.02. The van der Waals surface area contributed by atoms with E-state index in [1.807, 2.05) is 30.3 Å². The van der Waals surface area contributed by atoms with Crippen LogP contribution in [0.2, 0.25) is 0 Å². The second-order valence-electron chi connectivity index (χ2n) is 3.99. The molecule has 0 aliphatic carbocycles. The first-order valence-corrected chi connectivity index (χ1v) is 5.56. The van der Waals surface area contributed by atoms with Gasteiger partial charge in [-0.2, -0.15) is 0 Å². The van der Waals surface area contributed by atoms with Crippen LogP contribution < -0.4 is 5.63 Å². The number of benzene rings is 1. The van der Waals surface area contributed by atoms with Gasteiger partial charge in [-0.3, -0.25) is 0 Å². The summed E-state index contributed by atoms with van der Waals surface area (Å²) in [6.07, 6.45) is 1.11. The van der Waals surface area contributed by atoms with Crippen molar-refractivity contribution in [3.8, 4) is 0 Å². The van der Waals surface area contributed by atoms with E-state index in [4.69, 9.17) is 9.63 Å². The third kappa shape index (κ3) is 2.34. The molecule has 1 aromatic carbocycles. The molecule has 0 unspecified atom stereocenters. The molecule has 0 spiro atoms. The average molecular weight is 247 g/mol. The summed E-state index contributed by atoms with van der Waals surface area (Å²) in [5.74, 6) is -1.24. The van der Waals surface area contributed by atoms with Crippen molar-refractivity contribution >= 4 is 5.97 Å². The molecule has 2 rings (SSSR count). The standard InChI is InChI=1S/C13H13NO4/c1-14-10(11(12(15)16)13(17)18-14)8-7-9-5-3-2-4-6-9/h2-6H,7-8H2,1H3,(H,15,16). The molecule has 0 bridgehead atoms. The Kier molecular flexibility index (Phi) is 3.32. The zero-order chi connectivity index (χ0) is 13.1. The van der Waals surface area contributed by atoms with Crippen LogP contribution in [0.25, 0.3) is 0 Å². The molecule has 0 fully saturated rings. The van der Waals surface area contributed by atoms with Crippen LogP contribution in [0, 0.1) is 0 Å². The molecule has 0 aliphatic heterocycles. The van der Waals surface area contributed by atoms with E-state index in [0.29, 0.717) is 18.5 Å². The molecule has 0 radical (unpaired) electrons. The normalized spacial score (nSPS) is 10.5. The SMILES string of the molecule is Cn1oc(=O)c(C(=O)O)c1CCc1ccccc1. The van der Waals surface area contributed by atoms with Gasteiger partial charge in [0.15, 0.2) is 5.56 Å². The number of hydrogen-bond donors (Lipinski definition) is 1. The monoisotopic (exact) mass is 247 g/mol. The number of aryl methyl sites for hydroxylation is 2. The van der Waals surface area contributed by atoms with Crippen molar-refractivity contribution in [1.82, 2.24) is 4.74 Å². The quantitative estimate of drug-likeness (QED) is 0.887. The lowest BCUT2D eigenvalue weighted by Crippen LogP contribution is -2.12. The van der Waals surface area contributed by atoms with Gasteiger partial charge in [0.1, 0.15) is 0 Å². The van der Waals surface area contributed by atoms with Crippen LogP contribution in [0.1, 0.15) is 21.6 Å². The molecule has 0 saturated heterocycles. The number of nitrogens with zero attached hydrogens (tertiary/aromatic N) is 1. The van der Waals surface area contributed by atoms with Crippen LogP contribution in [0.5, 0.6) is 0 Å². The van der Waals surface area contributed by atoms with Crippen molar-refractivity contribution in [3.63, 3.8) is 0 Å². The molecule has 0 atom stereocenters. The molecule has 0 saturated carbocycles. The summed E-state index contributed by atoms with van der Waals surface area (Å²) in [6.45, 7) is 0. The zero-order valence-electron chi connectivity index (χ0n) is 9.92. The van der Waals surface area contributed by atoms with Crippen LogP contribution in [0.15, 0.2) is 39.6 Å². The smallest absolute Gasteiger partial charge is 0.372 e. The summed E-state index contributed by atoms with van der Waals surface area (Å²) in [6, 6.07) is 9.67. The first kappa shape index (κ1) is 12.2. The molecule has 0 amide bonds. The fourth-order valence-electron chi connectivity index (χ4n) is 1.90. The summed E-state index contributed by atoms with van der Waals surface area (Å²) < 4.78 is 6.01. The van der Waals surface area contributed by atoms with Gasteiger partial charge >= 0.3 is 11.6 Å². The predicted octanol–water partition coefficient (Wildman–Crippen LogP) is 1.46. The molecule has 0 aliphatic rings. The van der Waals surface area contributed by atoms with Gasteiger partial charge in [-0.25, -0.2) is 14.3 Å². The number of carbonyl (C=O) groups is 1. The van der Waals surface area contributed by atoms with Crippen molar-refractivity contribution in [2.24, 2.45) is 7.05 Å². The maximum absolute atomic E-state index is 11.3. The topological polar surface area (TPSA) is 72.4 Å². The van der Waals surface area contributed by atoms with Crippen molar-refractivity contribution in [2.45, 2.75) is 12.8 Å². The Balaban J connectivity index is 2.24. The summed E-state index contributed by atoms with van der Waals surface area (Å²) in [5, 5.41) is 8.98. The highest BCUT2D eigenvalue weighted by molar-refractivity contribution is 5.88. The molecule has 2 aromatic rings. The predicted molar refractivity (Wildman–Crippen MR) is 64.8 cm³/mol. The van der Waals surface area contributed by atoms with Crippen molar-refractivity contribution < 1.29 is 14.4 Å². The lowest BCUT2D eigenvalue weighted by atomic mass is 10.1. The Morgan fingerprint density at radius 3 is 2.56 bits per heavy atom. The Morgan fingerprint density at radius 1 is 1.28 bits per heavy atom. The van der Waals surface area contributed by atoms with Crippen LogP contribution >= 0.6 is 0 Å². The third-order valence-corrected chi connectivity index (χ3v) is 2.80. The molecule has 94 valence electrons. The lowest BCUT2D eigenvalue weighted by molar-refractivity contribution is 0.0693. The number of aromatic carboxylic acids is 1. The minimum absolute atomic E-state index is 0.270. The third-order valence-electron chi connectivity index (χ3n) is 2.80. The van der Waals surface area contributed by atoms with Gasteiger partial charge in [0.25, 0.3) is 0 Å². The van der Waals surface area contributed by atoms with Gasteiger partial charge < -0.3 is 9.63 Å².